The number of carbonyl (C=O) groups excluding carboxylic acids is 2. The minimum Gasteiger partial charge on any atom is -0.508 e. The molecule has 0 bridgehead atoms. The molecular formula is C46H51Ac2N5O25. The number of nitro groups is 3. The molecule has 3 unspecified atom stereocenters. The zero-order chi connectivity index (χ0) is 57.4. The zero-order valence-electron chi connectivity index (χ0n) is 41.7. The van der Waals surface area contributed by atoms with Crippen LogP contribution in [0, 0.1) is 118 Å². The number of rotatable bonds is 22. The van der Waals surface area contributed by atoms with Crippen molar-refractivity contribution in [3.63, 3.8) is 0 Å². The second-order valence-corrected chi connectivity index (χ2v) is 14.9. The van der Waals surface area contributed by atoms with Crippen LogP contribution in [0.4, 0.5) is 17.1 Å². The van der Waals surface area contributed by atoms with Crippen LogP contribution < -0.4 is 36.0 Å². The van der Waals surface area contributed by atoms with E-state index in [9.17, 15) is 59.1 Å². The standard InChI is InChI=1S/C14H18N2O8.C13H14N2O8.C10H8O4.C9H11NO5.2Ac/c1-22-11-5-8(10(16(20)21)6-12(11)23-2)7-24-13(17)4-3-9(15)14(18)19;14-8(12(17)18)5-6-10(16)23-11(13(19)20)7-3-1-2-4-9(7)15(21)22;11-5-6-3-10(13)14-9-4-7(12)1-2-8(6)9;1-14-8-3-6(5-11)7(10(12)13)4-9(8)15-2;;/h5-6,9H,3-4,7,15H2,1-2H3,(H,18,19);1-4,8,11H,5-6,14H2,(H,17,18)(H,19,20);1-4,11-12H,5H2;3-4,11H,5H2,1-2H3;;. The molecule has 78 heavy (non-hydrogen) atoms. The number of methoxy groups -OCH3 is 4. The average molecular weight is 1530 g/mol. The van der Waals surface area contributed by atoms with E-state index >= 15 is 0 Å². The number of carboxylic acids is 3. The molecule has 0 fully saturated rings. The second kappa shape index (κ2) is 35.7. The van der Waals surface area contributed by atoms with Crippen molar-refractivity contribution in [2.24, 2.45) is 11.5 Å². The molecule has 2 radical (unpaired) electrons. The van der Waals surface area contributed by atoms with Crippen molar-refractivity contribution in [1.29, 1.82) is 0 Å². The molecule has 30 nitrogen and oxygen atoms in total. The van der Waals surface area contributed by atoms with E-state index in [0.29, 0.717) is 16.7 Å². The third kappa shape index (κ3) is 22.4. The van der Waals surface area contributed by atoms with Crippen LogP contribution in [0.2, 0.25) is 0 Å². The summed E-state index contributed by atoms with van der Waals surface area (Å²) >= 11 is 0. The van der Waals surface area contributed by atoms with Gasteiger partial charge >= 0.3 is 35.5 Å². The number of phenolic OH excluding ortho intramolecular Hbond substituents is 1. The number of carboxylic acid groups (broad SMARTS) is 3. The van der Waals surface area contributed by atoms with Crippen LogP contribution in [-0.2, 0) is 53.3 Å². The molecule has 0 saturated heterocycles. The van der Waals surface area contributed by atoms with E-state index in [-0.39, 0.29) is 177 Å². The molecule has 1 aromatic heterocycles. The summed E-state index contributed by atoms with van der Waals surface area (Å²) in [6.45, 7) is -1.01. The molecule has 0 spiro atoms. The first-order chi connectivity index (χ1) is 35.9. The number of phenols is 1. The maximum Gasteiger partial charge on any atom is 0.350 e. The van der Waals surface area contributed by atoms with Gasteiger partial charge in [0.15, 0.2) is 23.0 Å². The first-order valence-corrected chi connectivity index (χ1v) is 21.4. The van der Waals surface area contributed by atoms with E-state index in [1.807, 2.05) is 0 Å². The fourth-order valence-corrected chi connectivity index (χ4v) is 6.09. The molecule has 0 aliphatic carbocycles. The van der Waals surface area contributed by atoms with Crippen molar-refractivity contribution in [2.45, 2.75) is 63.7 Å². The number of aliphatic carboxylic acids is 3. The van der Waals surface area contributed by atoms with Gasteiger partial charge in [0.1, 0.15) is 30.0 Å². The van der Waals surface area contributed by atoms with Crippen LogP contribution in [0.25, 0.3) is 11.0 Å². The summed E-state index contributed by atoms with van der Waals surface area (Å²) in [6, 6.07) is 13.3. The molecule has 0 amide bonds. The summed E-state index contributed by atoms with van der Waals surface area (Å²) in [6.07, 6.45) is -2.86. The smallest absolute Gasteiger partial charge is 0.350 e. The van der Waals surface area contributed by atoms with Crippen LogP contribution >= 0.6 is 0 Å². The summed E-state index contributed by atoms with van der Waals surface area (Å²) < 4.78 is 34.4. The van der Waals surface area contributed by atoms with Gasteiger partial charge in [-0.05, 0) is 48.7 Å². The number of ether oxygens (including phenoxy) is 6. The first-order valence-electron chi connectivity index (χ1n) is 21.4. The zero-order valence-corrected chi connectivity index (χ0v) is 51.2. The fourth-order valence-electron chi connectivity index (χ4n) is 6.09. The number of fused-ring (bicyclic) bond motifs is 1. The van der Waals surface area contributed by atoms with Crippen molar-refractivity contribution in [2.75, 3.05) is 28.4 Å². The number of nitrogens with zero attached hydrogens (tertiary/aromatic N) is 3. The molecule has 5 aromatic rings. The largest absolute Gasteiger partial charge is 0.508 e. The van der Waals surface area contributed by atoms with Gasteiger partial charge in [-0.2, -0.15) is 0 Å². The van der Waals surface area contributed by atoms with E-state index < -0.39 is 87.1 Å². The molecule has 0 aliphatic heterocycles. The van der Waals surface area contributed by atoms with Crippen LogP contribution in [0.1, 0.15) is 54.0 Å². The third-order valence-corrected chi connectivity index (χ3v) is 9.95. The summed E-state index contributed by atoms with van der Waals surface area (Å²) in [5.41, 5.74) is 9.78. The predicted octanol–water partition coefficient (Wildman–Crippen LogP) is 3.40. The van der Waals surface area contributed by atoms with E-state index in [4.69, 9.17) is 74.9 Å². The van der Waals surface area contributed by atoms with Gasteiger partial charge in [0.25, 0.3) is 17.1 Å². The summed E-state index contributed by atoms with van der Waals surface area (Å²) in [4.78, 5) is 97.3. The number of carbonyl (C=O) groups is 5. The van der Waals surface area contributed by atoms with Crippen LogP contribution in [-0.4, -0.2) is 116 Å². The van der Waals surface area contributed by atoms with Gasteiger partial charge in [0, 0.05) is 125 Å². The minimum atomic E-state index is -1.87. The Morgan fingerprint density at radius 1 is 0.603 bits per heavy atom. The maximum atomic E-state index is 11.6. The number of hydrogen-bond acceptors (Lipinski definition) is 24. The first kappa shape index (κ1) is 71.4. The molecule has 1 heterocycles. The third-order valence-electron chi connectivity index (χ3n) is 9.95. The van der Waals surface area contributed by atoms with E-state index in [1.54, 1.807) is 6.07 Å². The van der Waals surface area contributed by atoms with Gasteiger partial charge in [-0.25, -0.2) is 9.59 Å². The number of aromatic hydroxyl groups is 1. The van der Waals surface area contributed by atoms with Gasteiger partial charge in [-0.15, -0.1) is 0 Å². The molecule has 0 saturated carbocycles. The van der Waals surface area contributed by atoms with Crippen LogP contribution in [0.3, 0.4) is 0 Å². The Balaban J connectivity index is 0.00000103. The summed E-state index contributed by atoms with van der Waals surface area (Å²) in [5.74, 6) is -4.79. The number of aliphatic hydroxyl groups excluding tert-OH is 2. The Kier molecular flexibility index (Phi) is 32.7. The molecule has 3 atom stereocenters. The van der Waals surface area contributed by atoms with E-state index in [0.717, 1.165) is 12.1 Å². The molecule has 416 valence electrons. The maximum absolute atomic E-state index is 11.6. The topological polar surface area (TPSA) is 474 Å². The van der Waals surface area contributed by atoms with Crippen LogP contribution in [0.5, 0.6) is 28.7 Å². The van der Waals surface area contributed by atoms with Gasteiger partial charge in [-0.3, -0.25) is 49.5 Å². The van der Waals surface area contributed by atoms with Gasteiger partial charge in [0.2, 0.25) is 6.10 Å². The van der Waals surface area contributed by atoms with Gasteiger partial charge < -0.3 is 74.9 Å². The quantitative estimate of drug-likeness (QED) is 0.0213. The number of hydrogen-bond donors (Lipinski definition) is 8. The number of para-hydroxylation sites is 1. The molecule has 0 aliphatic rings. The van der Waals surface area contributed by atoms with E-state index in [1.165, 1.54) is 83.0 Å². The number of benzene rings is 4. The Morgan fingerprint density at radius 3 is 1.50 bits per heavy atom. The Labute approximate surface area is 511 Å². The summed E-state index contributed by atoms with van der Waals surface area (Å²) in [5, 5.41) is 86.8. The average Bonchev–Trinajstić information content (AvgIpc) is 3.39. The molecule has 5 rings (SSSR count). The molecule has 32 heteroatoms. The van der Waals surface area contributed by atoms with Crippen LogP contribution in [0.15, 0.2) is 82.0 Å². The Bertz CT molecular complexity index is 2960. The van der Waals surface area contributed by atoms with Gasteiger partial charge in [-0.1, -0.05) is 12.1 Å². The SMILES string of the molecule is COc1cc(CO)c([N+](=O)[O-])cc1OC.COc1cc(COC(=O)CCC(N)C(=O)O)c([N+](=O)[O-])cc1OC.NC(CCC(=O)OC(C(=O)O)c1ccccc1[N+](=O)[O-])C(=O)O.O=c1cc(CO)c2ccc(O)cc2o1.[Ac].[Ac]. The van der Waals surface area contributed by atoms with Crippen molar-refractivity contribution < 1.29 is 190 Å². The predicted molar refractivity (Wildman–Crippen MR) is 257 cm³/mol. The minimum absolute atomic E-state index is 0. The van der Waals surface area contributed by atoms with Crippen molar-refractivity contribution in [3.8, 4) is 28.7 Å². The van der Waals surface area contributed by atoms with Crippen molar-refractivity contribution in [1.82, 2.24) is 0 Å². The fraction of sp³-hybridized carbons (Fsp3) is 0.304. The molecule has 4 aromatic carbocycles. The second-order valence-electron chi connectivity index (χ2n) is 14.9. The number of esters is 2. The molecule has 10 N–H and O–H groups in total. The number of nitro benzene ring substituents is 3. The number of nitrogens with two attached hydrogens (primary N) is 2. The Hall–Kier alpha value is -6.64. The monoisotopic (exact) mass is 1530 g/mol. The number of aliphatic hydroxyl groups is 2. The Morgan fingerprint density at radius 2 is 1.05 bits per heavy atom. The van der Waals surface area contributed by atoms with Gasteiger partial charge in [0.05, 0.1) is 85.2 Å². The van der Waals surface area contributed by atoms with E-state index in [2.05, 4.69) is 0 Å². The van der Waals surface area contributed by atoms with Crippen molar-refractivity contribution in [3.05, 3.63) is 136 Å². The summed E-state index contributed by atoms with van der Waals surface area (Å²) in [7, 11) is 5.52. The molecular weight excluding hydrogens is 1480 g/mol. The normalized spacial score (nSPS) is 11.1. The van der Waals surface area contributed by atoms with Crippen molar-refractivity contribution >= 4 is 57.9 Å².